The molecule has 0 fully saturated rings. The van der Waals surface area contributed by atoms with E-state index in [1.54, 1.807) is 0 Å². The van der Waals surface area contributed by atoms with Gasteiger partial charge in [0.15, 0.2) is 0 Å². The Morgan fingerprint density at radius 2 is 1.50 bits per heavy atom. The molecule has 0 amide bonds. The van der Waals surface area contributed by atoms with Crippen LogP contribution in [0.25, 0.3) is 0 Å². The topological polar surface area (TPSA) is 71.5 Å². The first-order chi connectivity index (χ1) is 8.06. The van der Waals surface area contributed by atoms with Gasteiger partial charge in [-0.25, -0.2) is 12.7 Å². The first kappa shape index (κ1) is 15.1. The summed E-state index contributed by atoms with van der Waals surface area (Å²) in [4.78, 5) is 0.0275. The molecule has 0 aliphatic heterocycles. The van der Waals surface area contributed by atoms with Gasteiger partial charge in [-0.2, -0.15) is 8.42 Å². The fraction of sp³-hybridized carbons (Fsp3) is 0.400. The van der Waals surface area contributed by atoms with Gasteiger partial charge in [0.25, 0.3) is 0 Å². The second-order valence-electron chi connectivity index (χ2n) is 3.97. The van der Waals surface area contributed by atoms with E-state index in [0.717, 1.165) is 4.31 Å². The van der Waals surface area contributed by atoms with Gasteiger partial charge >= 0.3 is 10.2 Å². The minimum absolute atomic E-state index is 0.0275. The van der Waals surface area contributed by atoms with Crippen molar-refractivity contribution in [1.82, 2.24) is 4.31 Å². The van der Waals surface area contributed by atoms with Gasteiger partial charge in [-0.1, -0.05) is 12.1 Å². The lowest BCUT2D eigenvalue weighted by molar-refractivity contribution is 0.520. The standard InChI is InChI=1S/C10H14FNO4S2/c1-8(17(11,13)14)9-4-6-10(7-5-9)18(15,16)12(2)3/h4-8H,1-3H3. The third-order valence-electron chi connectivity index (χ3n) is 2.55. The molecule has 1 atom stereocenters. The highest BCUT2D eigenvalue weighted by Crippen LogP contribution is 2.24. The summed E-state index contributed by atoms with van der Waals surface area (Å²) in [7, 11) is -5.47. The summed E-state index contributed by atoms with van der Waals surface area (Å²) in [6.07, 6.45) is 0. The van der Waals surface area contributed by atoms with Crippen molar-refractivity contribution in [3.05, 3.63) is 29.8 Å². The van der Waals surface area contributed by atoms with Crippen molar-refractivity contribution in [2.45, 2.75) is 17.1 Å². The van der Waals surface area contributed by atoms with Crippen LogP contribution < -0.4 is 0 Å². The first-order valence-corrected chi connectivity index (χ1v) is 7.91. The molecule has 0 saturated heterocycles. The maximum absolute atomic E-state index is 12.8. The molecule has 102 valence electrons. The fourth-order valence-corrected chi connectivity index (χ4v) is 2.67. The monoisotopic (exact) mass is 295 g/mol. The zero-order valence-corrected chi connectivity index (χ0v) is 11.8. The molecule has 0 N–H and O–H groups in total. The molecule has 1 aromatic rings. The number of benzene rings is 1. The van der Waals surface area contributed by atoms with Crippen molar-refractivity contribution in [3.63, 3.8) is 0 Å². The molecule has 0 bridgehead atoms. The van der Waals surface area contributed by atoms with Gasteiger partial charge in [-0.3, -0.25) is 0 Å². The predicted molar refractivity (Wildman–Crippen MR) is 65.8 cm³/mol. The van der Waals surface area contributed by atoms with E-state index in [9.17, 15) is 20.7 Å². The predicted octanol–water partition coefficient (Wildman–Crippen LogP) is 1.30. The smallest absolute Gasteiger partial charge is 0.207 e. The Kier molecular flexibility index (Phi) is 4.14. The molecule has 0 heterocycles. The molecule has 0 radical (unpaired) electrons. The molecule has 0 aliphatic rings. The van der Waals surface area contributed by atoms with Gasteiger partial charge in [0, 0.05) is 14.1 Å². The van der Waals surface area contributed by atoms with Gasteiger partial charge in [0.05, 0.1) is 4.90 Å². The van der Waals surface area contributed by atoms with E-state index in [2.05, 4.69) is 0 Å². The molecular weight excluding hydrogens is 281 g/mol. The zero-order chi connectivity index (χ0) is 14.1. The number of hydrogen-bond acceptors (Lipinski definition) is 4. The van der Waals surface area contributed by atoms with Crippen molar-refractivity contribution in [1.29, 1.82) is 0 Å². The van der Waals surface area contributed by atoms with Crippen LogP contribution in [0.3, 0.4) is 0 Å². The fourth-order valence-electron chi connectivity index (χ4n) is 1.28. The Morgan fingerprint density at radius 1 is 1.06 bits per heavy atom. The van der Waals surface area contributed by atoms with E-state index in [-0.39, 0.29) is 10.5 Å². The van der Waals surface area contributed by atoms with E-state index < -0.39 is 25.5 Å². The summed E-state index contributed by atoms with van der Waals surface area (Å²) in [6.45, 7) is 1.20. The number of hydrogen-bond donors (Lipinski definition) is 0. The molecule has 5 nitrogen and oxygen atoms in total. The van der Waals surface area contributed by atoms with Crippen LogP contribution in [0.5, 0.6) is 0 Å². The van der Waals surface area contributed by atoms with Crippen LogP contribution in [-0.2, 0) is 20.2 Å². The Balaban J connectivity index is 3.16. The van der Waals surface area contributed by atoms with Crippen LogP contribution in [0.1, 0.15) is 17.7 Å². The summed E-state index contributed by atoms with van der Waals surface area (Å²) < 4.78 is 58.8. The molecular formula is C10H14FNO4S2. The average Bonchev–Trinajstić information content (AvgIpc) is 2.26. The third kappa shape index (κ3) is 3.06. The van der Waals surface area contributed by atoms with Crippen LogP contribution in [-0.4, -0.2) is 35.2 Å². The van der Waals surface area contributed by atoms with Crippen LogP contribution in [0.15, 0.2) is 29.2 Å². The lowest BCUT2D eigenvalue weighted by atomic mass is 10.2. The quantitative estimate of drug-likeness (QED) is 0.785. The van der Waals surface area contributed by atoms with Crippen LogP contribution in [0.2, 0.25) is 0 Å². The van der Waals surface area contributed by atoms with Crippen molar-refractivity contribution >= 4 is 20.2 Å². The van der Waals surface area contributed by atoms with E-state index in [4.69, 9.17) is 0 Å². The number of halogens is 1. The summed E-state index contributed by atoms with van der Waals surface area (Å²) in [5.74, 6) is 0. The number of nitrogens with zero attached hydrogens (tertiary/aromatic N) is 1. The van der Waals surface area contributed by atoms with Gasteiger partial charge in [0.2, 0.25) is 10.0 Å². The molecule has 18 heavy (non-hydrogen) atoms. The van der Waals surface area contributed by atoms with Crippen molar-refractivity contribution in [2.24, 2.45) is 0 Å². The molecule has 0 spiro atoms. The lowest BCUT2D eigenvalue weighted by Crippen LogP contribution is -2.22. The second kappa shape index (κ2) is 4.94. The Bertz CT molecular complexity index is 620. The molecule has 1 rings (SSSR count). The van der Waals surface area contributed by atoms with E-state index in [1.165, 1.54) is 45.3 Å². The molecule has 0 aliphatic carbocycles. The van der Waals surface area contributed by atoms with E-state index >= 15 is 0 Å². The highest BCUT2D eigenvalue weighted by Gasteiger charge is 2.23. The van der Waals surface area contributed by atoms with Gasteiger partial charge in [0.1, 0.15) is 5.25 Å². The normalized spacial score (nSPS) is 14.7. The van der Waals surface area contributed by atoms with Crippen molar-refractivity contribution < 1.29 is 20.7 Å². The minimum Gasteiger partial charge on any atom is -0.207 e. The van der Waals surface area contributed by atoms with Crippen LogP contribution in [0, 0.1) is 0 Å². The maximum atomic E-state index is 12.8. The highest BCUT2D eigenvalue weighted by atomic mass is 32.3. The Morgan fingerprint density at radius 3 is 1.83 bits per heavy atom. The largest absolute Gasteiger partial charge is 0.309 e. The number of rotatable bonds is 4. The third-order valence-corrected chi connectivity index (χ3v) is 5.50. The van der Waals surface area contributed by atoms with E-state index in [1.807, 2.05) is 0 Å². The SMILES string of the molecule is CC(c1ccc(S(=O)(=O)N(C)C)cc1)S(=O)(=O)F. The highest BCUT2D eigenvalue weighted by molar-refractivity contribution is 7.89. The summed E-state index contributed by atoms with van der Waals surface area (Å²) >= 11 is 0. The second-order valence-corrected chi connectivity index (χ2v) is 7.78. The lowest BCUT2D eigenvalue weighted by Gasteiger charge is -2.12. The average molecular weight is 295 g/mol. The molecule has 1 unspecified atom stereocenters. The van der Waals surface area contributed by atoms with Gasteiger partial charge < -0.3 is 0 Å². The minimum atomic E-state index is -4.68. The Labute approximate surface area is 106 Å². The van der Waals surface area contributed by atoms with Crippen molar-refractivity contribution in [3.8, 4) is 0 Å². The summed E-state index contributed by atoms with van der Waals surface area (Å²) in [5, 5.41) is -1.31. The summed E-state index contributed by atoms with van der Waals surface area (Å²) in [5.41, 5.74) is 0.204. The molecule has 8 heteroatoms. The molecule has 1 aromatic carbocycles. The Hall–Kier alpha value is -0.990. The van der Waals surface area contributed by atoms with Crippen LogP contribution in [0.4, 0.5) is 3.89 Å². The van der Waals surface area contributed by atoms with Crippen LogP contribution >= 0.6 is 0 Å². The van der Waals surface area contributed by atoms with Gasteiger partial charge in [-0.15, -0.1) is 3.89 Å². The van der Waals surface area contributed by atoms with E-state index in [0.29, 0.717) is 0 Å². The molecule has 0 saturated carbocycles. The zero-order valence-electron chi connectivity index (χ0n) is 10.2. The van der Waals surface area contributed by atoms with Gasteiger partial charge in [-0.05, 0) is 24.6 Å². The summed E-state index contributed by atoms with van der Waals surface area (Å²) in [6, 6.07) is 5.09. The molecule has 0 aromatic heterocycles. The number of sulfonamides is 1. The first-order valence-electron chi connectivity index (χ1n) is 5.03. The van der Waals surface area contributed by atoms with Crippen molar-refractivity contribution in [2.75, 3.05) is 14.1 Å². The maximum Gasteiger partial charge on any atom is 0.309 e.